The molecule has 1 amide bonds. The molecule has 0 unspecified atom stereocenters. The molecule has 3 aromatic carbocycles. The van der Waals surface area contributed by atoms with Crippen molar-refractivity contribution in [2.24, 2.45) is 4.99 Å². The van der Waals surface area contributed by atoms with Crippen molar-refractivity contribution in [3.05, 3.63) is 94.0 Å². The molecule has 202 valence electrons. The van der Waals surface area contributed by atoms with Gasteiger partial charge in [0.25, 0.3) is 5.69 Å². The molecule has 4 aromatic rings. The van der Waals surface area contributed by atoms with E-state index in [2.05, 4.69) is 4.98 Å². The number of aromatic amines is 1. The van der Waals surface area contributed by atoms with Gasteiger partial charge in [-0.1, -0.05) is 30.3 Å². The third-order valence-electron chi connectivity index (χ3n) is 6.11. The van der Waals surface area contributed by atoms with E-state index in [0.717, 1.165) is 4.31 Å². The van der Waals surface area contributed by atoms with E-state index in [1.165, 1.54) is 30.0 Å². The zero-order valence-electron chi connectivity index (χ0n) is 21.5. The minimum atomic E-state index is -3.74. The van der Waals surface area contributed by atoms with Gasteiger partial charge in [-0.3, -0.25) is 19.2 Å². The number of nitrogens with one attached hydrogen (secondary N) is 1. The molecule has 1 aromatic heterocycles. The molecule has 0 spiro atoms. The number of nitrogens with zero attached hydrogens (tertiary/aromatic N) is 4. The number of aromatic hydroxyl groups is 1. The van der Waals surface area contributed by atoms with E-state index < -0.39 is 14.9 Å². The molecular weight excluding hydrogens is 522 g/mol. The number of sulfonamides is 1. The summed E-state index contributed by atoms with van der Waals surface area (Å²) in [4.78, 5) is 32.1. The Labute approximate surface area is 225 Å². The Bertz CT molecular complexity index is 1660. The molecule has 12 heteroatoms. The summed E-state index contributed by atoms with van der Waals surface area (Å²) in [5, 5.41) is 22.6. The highest BCUT2D eigenvalue weighted by atomic mass is 32.2. The number of non-ortho nitro benzene ring substituents is 1. The molecule has 39 heavy (non-hydrogen) atoms. The standard InChI is InChI=1S/C27H27N5O6S/c1-4-39(37,38)31(17-24(33)30(2)3)20-12-10-19(11-13-20)28-26(18-8-6-5-7-9-18)25-22-16-21(32(35)36)14-15-23(22)29-27(25)34/h5-16,29,34H,4,17H2,1-3H3. The van der Waals surface area contributed by atoms with Crippen molar-refractivity contribution in [2.75, 3.05) is 30.7 Å². The minimum absolute atomic E-state index is 0.135. The van der Waals surface area contributed by atoms with Gasteiger partial charge in [-0.25, -0.2) is 13.4 Å². The molecule has 4 rings (SSSR count). The number of amides is 1. The number of aliphatic imine (C=N–C) groups is 1. The largest absolute Gasteiger partial charge is 0.494 e. The van der Waals surface area contributed by atoms with Gasteiger partial charge in [-0.05, 0) is 37.3 Å². The highest BCUT2D eigenvalue weighted by Crippen LogP contribution is 2.34. The van der Waals surface area contributed by atoms with Crippen LogP contribution in [0.5, 0.6) is 5.88 Å². The normalized spacial score (nSPS) is 11.9. The maximum Gasteiger partial charge on any atom is 0.270 e. The number of aromatic nitrogens is 1. The number of rotatable bonds is 9. The van der Waals surface area contributed by atoms with Crippen LogP contribution in [0.2, 0.25) is 0 Å². The molecule has 0 aliphatic carbocycles. The molecule has 0 radical (unpaired) electrons. The second-order valence-corrected chi connectivity index (χ2v) is 11.1. The van der Waals surface area contributed by atoms with Crippen molar-refractivity contribution < 1.29 is 23.2 Å². The summed E-state index contributed by atoms with van der Waals surface area (Å²) in [5.41, 5.74) is 2.39. The van der Waals surface area contributed by atoms with Crippen LogP contribution in [0.3, 0.4) is 0 Å². The number of hydrogen-bond acceptors (Lipinski definition) is 7. The molecule has 0 aliphatic rings. The van der Waals surface area contributed by atoms with Crippen LogP contribution in [0.4, 0.5) is 17.1 Å². The summed E-state index contributed by atoms with van der Waals surface area (Å²) in [6.45, 7) is 1.16. The van der Waals surface area contributed by atoms with E-state index in [4.69, 9.17) is 4.99 Å². The number of benzene rings is 3. The summed E-state index contributed by atoms with van der Waals surface area (Å²) in [7, 11) is -0.635. The van der Waals surface area contributed by atoms with E-state index in [0.29, 0.717) is 33.6 Å². The smallest absolute Gasteiger partial charge is 0.270 e. The number of carbonyl (C=O) groups is 1. The first-order chi connectivity index (χ1) is 18.5. The number of likely N-dealkylation sites (N-methyl/N-ethyl adjacent to an activating group) is 1. The predicted molar refractivity (Wildman–Crippen MR) is 150 cm³/mol. The molecule has 0 atom stereocenters. The van der Waals surface area contributed by atoms with Crippen LogP contribution in [-0.2, 0) is 14.8 Å². The molecule has 0 saturated carbocycles. The van der Waals surface area contributed by atoms with Crippen LogP contribution in [0.1, 0.15) is 18.1 Å². The lowest BCUT2D eigenvalue weighted by Gasteiger charge is -2.24. The Kier molecular flexibility index (Phi) is 7.68. The fourth-order valence-corrected chi connectivity index (χ4v) is 5.03. The fourth-order valence-electron chi connectivity index (χ4n) is 3.97. The van der Waals surface area contributed by atoms with Gasteiger partial charge in [-0.15, -0.1) is 0 Å². The molecular formula is C27H27N5O6S. The number of nitro benzene ring substituents is 1. The minimum Gasteiger partial charge on any atom is -0.494 e. The lowest BCUT2D eigenvalue weighted by atomic mass is 10.0. The average molecular weight is 550 g/mol. The van der Waals surface area contributed by atoms with Crippen LogP contribution in [0.15, 0.2) is 77.8 Å². The van der Waals surface area contributed by atoms with Gasteiger partial charge in [0, 0.05) is 42.7 Å². The third-order valence-corrected chi connectivity index (χ3v) is 7.86. The number of nitro groups is 1. The number of H-pyrrole nitrogens is 1. The molecule has 0 saturated heterocycles. The fraction of sp³-hybridized carbons (Fsp3) is 0.185. The molecule has 11 nitrogen and oxygen atoms in total. The van der Waals surface area contributed by atoms with Crippen molar-refractivity contribution in [3.63, 3.8) is 0 Å². The van der Waals surface area contributed by atoms with Gasteiger partial charge >= 0.3 is 0 Å². The van der Waals surface area contributed by atoms with E-state index in [9.17, 15) is 28.4 Å². The first kappa shape index (κ1) is 27.3. The Hall–Kier alpha value is -4.71. The molecule has 1 heterocycles. The van der Waals surface area contributed by atoms with Crippen molar-refractivity contribution in [1.82, 2.24) is 9.88 Å². The van der Waals surface area contributed by atoms with Crippen LogP contribution in [0.25, 0.3) is 10.9 Å². The summed E-state index contributed by atoms with van der Waals surface area (Å²) >= 11 is 0. The molecule has 0 fully saturated rings. The quantitative estimate of drug-likeness (QED) is 0.182. The Morgan fingerprint density at radius 3 is 2.31 bits per heavy atom. The van der Waals surface area contributed by atoms with Gasteiger partial charge < -0.3 is 15.0 Å². The molecule has 0 bridgehead atoms. The van der Waals surface area contributed by atoms with Gasteiger partial charge in [-0.2, -0.15) is 0 Å². The number of hydrogen-bond donors (Lipinski definition) is 2. The Morgan fingerprint density at radius 2 is 1.72 bits per heavy atom. The average Bonchev–Trinajstić information content (AvgIpc) is 3.25. The first-order valence-electron chi connectivity index (χ1n) is 12.0. The van der Waals surface area contributed by atoms with E-state index >= 15 is 0 Å². The van der Waals surface area contributed by atoms with Crippen LogP contribution >= 0.6 is 0 Å². The Balaban J connectivity index is 1.84. The summed E-state index contributed by atoms with van der Waals surface area (Å²) in [6.07, 6.45) is 0. The maximum absolute atomic E-state index is 12.7. The van der Waals surface area contributed by atoms with Crippen molar-refractivity contribution in [1.29, 1.82) is 0 Å². The number of carbonyl (C=O) groups excluding carboxylic acids is 1. The van der Waals surface area contributed by atoms with E-state index in [1.54, 1.807) is 62.6 Å². The summed E-state index contributed by atoms with van der Waals surface area (Å²) in [6, 6.07) is 19.6. The van der Waals surface area contributed by atoms with Crippen LogP contribution in [0, 0.1) is 10.1 Å². The highest BCUT2D eigenvalue weighted by molar-refractivity contribution is 7.92. The van der Waals surface area contributed by atoms with Gasteiger partial charge in [0.2, 0.25) is 15.9 Å². The zero-order chi connectivity index (χ0) is 28.3. The molecule has 0 aliphatic heterocycles. The van der Waals surface area contributed by atoms with Gasteiger partial charge in [0.05, 0.1) is 33.3 Å². The second kappa shape index (κ2) is 11.0. The Morgan fingerprint density at radius 1 is 1.05 bits per heavy atom. The number of fused-ring (bicyclic) bond motifs is 1. The zero-order valence-corrected chi connectivity index (χ0v) is 22.3. The summed E-state index contributed by atoms with van der Waals surface area (Å²) in [5.74, 6) is -0.755. The monoisotopic (exact) mass is 549 g/mol. The van der Waals surface area contributed by atoms with Gasteiger partial charge in [0.15, 0.2) is 5.88 Å². The second-order valence-electron chi connectivity index (χ2n) is 8.87. The SMILES string of the molecule is CCS(=O)(=O)N(CC(=O)N(C)C)c1ccc(N=C(c2ccccc2)c2c(O)[nH]c3ccc([N+](=O)[O-])cc23)cc1. The highest BCUT2D eigenvalue weighted by Gasteiger charge is 2.25. The van der Waals surface area contributed by atoms with E-state index in [1.807, 2.05) is 6.07 Å². The lowest BCUT2D eigenvalue weighted by molar-refractivity contribution is -0.384. The maximum atomic E-state index is 12.7. The van der Waals surface area contributed by atoms with Crippen LogP contribution in [-0.4, -0.2) is 66.3 Å². The predicted octanol–water partition coefficient (Wildman–Crippen LogP) is 4.20. The van der Waals surface area contributed by atoms with E-state index in [-0.39, 0.29) is 35.3 Å². The third kappa shape index (κ3) is 5.75. The van der Waals surface area contributed by atoms with Gasteiger partial charge in [0.1, 0.15) is 6.54 Å². The first-order valence-corrected chi connectivity index (χ1v) is 13.6. The van der Waals surface area contributed by atoms with Crippen molar-refractivity contribution >= 4 is 49.6 Å². The topological polar surface area (TPSA) is 149 Å². The number of anilines is 1. The van der Waals surface area contributed by atoms with Crippen molar-refractivity contribution in [2.45, 2.75) is 6.92 Å². The van der Waals surface area contributed by atoms with Crippen molar-refractivity contribution in [3.8, 4) is 5.88 Å². The summed E-state index contributed by atoms with van der Waals surface area (Å²) < 4.78 is 26.6. The molecule has 2 N–H and O–H groups in total. The van der Waals surface area contributed by atoms with Crippen LogP contribution < -0.4 is 4.31 Å². The lowest BCUT2D eigenvalue weighted by Crippen LogP contribution is -2.41.